The van der Waals surface area contributed by atoms with Gasteiger partial charge in [-0.3, -0.25) is 9.59 Å². The van der Waals surface area contributed by atoms with E-state index in [1.807, 2.05) is 19.0 Å². The van der Waals surface area contributed by atoms with E-state index in [-0.39, 0.29) is 12.5 Å². The number of nitrogens with one attached hydrogen (secondary N) is 1. The average molecular weight is 157 g/mol. The predicted molar refractivity (Wildman–Crippen MR) is 41.9 cm³/mol. The normalized spacial score (nSPS) is 9.73. The summed E-state index contributed by atoms with van der Waals surface area (Å²) in [4.78, 5) is 22.4. The second-order valence-electron chi connectivity index (χ2n) is 2.47. The lowest BCUT2D eigenvalue weighted by atomic mass is 10.4. The Labute approximate surface area is 66.6 Å². The maximum absolute atomic E-state index is 10.8. The molecule has 0 aliphatic carbocycles. The molecule has 4 heteroatoms. The molecule has 0 bridgehead atoms. The minimum absolute atomic E-state index is 0.00768. The van der Waals surface area contributed by atoms with Crippen molar-refractivity contribution >= 4 is 12.2 Å². The summed E-state index contributed by atoms with van der Waals surface area (Å²) in [6.07, 6.45) is 2.02. The van der Waals surface area contributed by atoms with Crippen LogP contribution >= 0.6 is 0 Å². The fourth-order valence-corrected chi connectivity index (χ4v) is 0.548. The number of hydrogen-bond acceptors (Lipinski definition) is 3. The van der Waals surface area contributed by atoms with Crippen molar-refractivity contribution < 1.29 is 9.59 Å². The maximum Gasteiger partial charge on any atom is 0.221 e. The summed E-state index contributed by atoms with van der Waals surface area (Å²) in [5.74, 6) is -0.109. The van der Waals surface area contributed by atoms with Crippen molar-refractivity contribution in [2.75, 3.05) is 27.2 Å². The number of hydrogen-bond donors (Lipinski definition) is 1. The lowest BCUT2D eigenvalue weighted by Crippen LogP contribution is -2.28. The Morgan fingerprint density at radius 3 is 2.64 bits per heavy atom. The monoisotopic (exact) mass is 157 g/mol. The van der Waals surface area contributed by atoms with Crippen LogP contribution in [0.3, 0.4) is 0 Å². The van der Waals surface area contributed by atoms with Gasteiger partial charge in [-0.2, -0.15) is 0 Å². The zero-order valence-electron chi connectivity index (χ0n) is 6.89. The van der Waals surface area contributed by atoms with Crippen LogP contribution in [0.25, 0.3) is 0 Å². The van der Waals surface area contributed by atoms with E-state index in [0.717, 1.165) is 0 Å². The largest absolute Gasteiger partial charge is 0.348 e. The van der Waals surface area contributed by atoms with Crippen LogP contribution in [0.5, 0.6) is 0 Å². The van der Waals surface area contributed by atoms with Gasteiger partial charge in [0.2, 0.25) is 12.2 Å². The average Bonchev–Trinajstić information content (AvgIpc) is 1.97. The molecule has 0 saturated carbocycles. The molecular weight excluding hydrogens is 144 g/mol. The van der Waals surface area contributed by atoms with Crippen LogP contribution in [0.1, 0.15) is 6.42 Å². The van der Waals surface area contributed by atoms with Gasteiger partial charge in [0.1, 0.15) is 0 Å². The van der Waals surface area contributed by atoms with E-state index in [1.165, 1.54) is 0 Å². The molecule has 1 N–H and O–H groups in total. The molecular formula is C7H13N2O2. The predicted octanol–water partition coefficient (Wildman–Crippen LogP) is -0.836. The van der Waals surface area contributed by atoms with Crippen LogP contribution in [0.4, 0.5) is 0 Å². The minimum atomic E-state index is -0.109. The molecule has 0 aromatic heterocycles. The van der Waals surface area contributed by atoms with E-state index < -0.39 is 0 Å². The van der Waals surface area contributed by atoms with Crippen LogP contribution in [0.2, 0.25) is 0 Å². The van der Waals surface area contributed by atoms with Crippen molar-refractivity contribution in [1.82, 2.24) is 10.2 Å². The van der Waals surface area contributed by atoms with Crippen molar-refractivity contribution in [3.05, 3.63) is 0 Å². The number of amides is 1. The molecule has 1 radical (unpaired) electrons. The van der Waals surface area contributed by atoms with E-state index in [9.17, 15) is 9.59 Å². The van der Waals surface area contributed by atoms with Crippen molar-refractivity contribution in [3.8, 4) is 0 Å². The summed E-state index contributed by atoms with van der Waals surface area (Å²) in [6, 6.07) is 0. The first-order valence-electron chi connectivity index (χ1n) is 3.43. The topological polar surface area (TPSA) is 49.4 Å². The van der Waals surface area contributed by atoms with Crippen LogP contribution in [-0.2, 0) is 9.59 Å². The van der Waals surface area contributed by atoms with Gasteiger partial charge in [-0.25, -0.2) is 0 Å². The third-order valence-corrected chi connectivity index (χ3v) is 1.14. The van der Waals surface area contributed by atoms with Crippen molar-refractivity contribution in [3.63, 3.8) is 0 Å². The van der Waals surface area contributed by atoms with Gasteiger partial charge < -0.3 is 10.2 Å². The van der Waals surface area contributed by atoms with E-state index in [0.29, 0.717) is 13.0 Å². The Bertz CT molecular complexity index is 134. The van der Waals surface area contributed by atoms with Gasteiger partial charge in [-0.15, -0.1) is 0 Å². The third-order valence-electron chi connectivity index (χ3n) is 1.14. The van der Waals surface area contributed by atoms with Crippen molar-refractivity contribution in [2.45, 2.75) is 6.42 Å². The van der Waals surface area contributed by atoms with Crippen LogP contribution in [0.15, 0.2) is 0 Å². The van der Waals surface area contributed by atoms with E-state index in [4.69, 9.17) is 0 Å². The molecule has 0 atom stereocenters. The fourth-order valence-electron chi connectivity index (χ4n) is 0.548. The van der Waals surface area contributed by atoms with E-state index >= 15 is 0 Å². The summed E-state index contributed by atoms with van der Waals surface area (Å²) < 4.78 is 0. The molecule has 0 rings (SSSR count). The number of rotatable bonds is 5. The summed E-state index contributed by atoms with van der Waals surface area (Å²) in [7, 11) is 3.78. The first-order valence-corrected chi connectivity index (χ1v) is 3.43. The Hall–Kier alpha value is -0.900. The van der Waals surface area contributed by atoms with Crippen molar-refractivity contribution in [1.29, 1.82) is 0 Å². The SMILES string of the molecule is CN(C)CCC(=O)NC[C]=O. The Morgan fingerprint density at radius 1 is 1.55 bits per heavy atom. The minimum Gasteiger partial charge on any atom is -0.348 e. The lowest BCUT2D eigenvalue weighted by molar-refractivity contribution is -0.121. The molecule has 63 valence electrons. The highest BCUT2D eigenvalue weighted by Gasteiger charge is 1.99. The molecule has 4 nitrogen and oxygen atoms in total. The quantitative estimate of drug-likeness (QED) is 0.566. The first kappa shape index (κ1) is 10.1. The zero-order valence-corrected chi connectivity index (χ0v) is 6.89. The van der Waals surface area contributed by atoms with E-state index in [1.54, 1.807) is 6.29 Å². The molecule has 0 aliphatic rings. The molecule has 0 unspecified atom stereocenters. The zero-order chi connectivity index (χ0) is 8.69. The fraction of sp³-hybridized carbons (Fsp3) is 0.714. The summed E-state index contributed by atoms with van der Waals surface area (Å²) >= 11 is 0. The molecule has 0 saturated heterocycles. The third kappa shape index (κ3) is 6.99. The smallest absolute Gasteiger partial charge is 0.221 e. The Kier molecular flexibility index (Phi) is 5.37. The second kappa shape index (κ2) is 5.85. The van der Waals surface area contributed by atoms with Gasteiger partial charge in [0.05, 0.1) is 6.54 Å². The molecule has 0 aromatic carbocycles. The first-order chi connectivity index (χ1) is 5.16. The van der Waals surface area contributed by atoms with Gasteiger partial charge >= 0.3 is 0 Å². The number of carbonyl (C=O) groups is 1. The molecule has 0 aromatic rings. The van der Waals surface area contributed by atoms with Gasteiger partial charge in [0.25, 0.3) is 0 Å². The van der Waals surface area contributed by atoms with Gasteiger partial charge in [-0.05, 0) is 14.1 Å². The molecule has 0 aliphatic heterocycles. The molecule has 1 amide bonds. The van der Waals surface area contributed by atoms with Crippen LogP contribution in [-0.4, -0.2) is 44.3 Å². The van der Waals surface area contributed by atoms with Crippen LogP contribution in [0, 0.1) is 0 Å². The second-order valence-corrected chi connectivity index (χ2v) is 2.47. The maximum atomic E-state index is 10.8. The molecule has 11 heavy (non-hydrogen) atoms. The van der Waals surface area contributed by atoms with Gasteiger partial charge in [0, 0.05) is 13.0 Å². The van der Waals surface area contributed by atoms with E-state index in [2.05, 4.69) is 5.32 Å². The highest BCUT2D eigenvalue weighted by molar-refractivity contribution is 5.78. The molecule has 0 heterocycles. The van der Waals surface area contributed by atoms with Gasteiger partial charge in [0.15, 0.2) is 0 Å². The summed E-state index contributed by atoms with van der Waals surface area (Å²) in [6.45, 7) is 0.691. The highest BCUT2D eigenvalue weighted by Crippen LogP contribution is 1.81. The number of nitrogens with zero attached hydrogens (tertiary/aromatic N) is 1. The molecule has 0 fully saturated rings. The highest BCUT2D eigenvalue weighted by atomic mass is 16.2. The summed E-state index contributed by atoms with van der Waals surface area (Å²) in [5, 5.41) is 2.40. The van der Waals surface area contributed by atoms with Crippen LogP contribution < -0.4 is 5.32 Å². The summed E-state index contributed by atoms with van der Waals surface area (Å²) in [5.41, 5.74) is 0. The standard InChI is InChI=1S/C7H13N2O2/c1-9(2)5-3-7(11)8-4-6-10/h3-5H2,1-2H3,(H,8,11). The molecule has 0 spiro atoms. The van der Waals surface area contributed by atoms with Gasteiger partial charge in [-0.1, -0.05) is 0 Å². The lowest BCUT2D eigenvalue weighted by Gasteiger charge is -2.07. The van der Waals surface area contributed by atoms with Crippen molar-refractivity contribution in [2.24, 2.45) is 0 Å². The Balaban J connectivity index is 3.29. The number of carbonyl (C=O) groups excluding carboxylic acids is 2. The Morgan fingerprint density at radius 2 is 2.18 bits per heavy atom.